The van der Waals surface area contributed by atoms with E-state index in [1.807, 2.05) is 13.0 Å². The highest BCUT2D eigenvalue weighted by Gasteiger charge is 2.51. The Kier molecular flexibility index (Phi) is 3.72. The van der Waals surface area contributed by atoms with Crippen molar-refractivity contribution < 1.29 is 9.47 Å². The maximum Gasteiger partial charge on any atom is 0.283 e. The number of hydrogen-bond donors (Lipinski definition) is 1. The number of aliphatic imine (C=N–C) groups is 1. The van der Waals surface area contributed by atoms with Crippen LogP contribution in [-0.4, -0.2) is 29.8 Å². The van der Waals surface area contributed by atoms with Gasteiger partial charge in [-0.05, 0) is 24.6 Å². The summed E-state index contributed by atoms with van der Waals surface area (Å²) in [5.74, 6) is 0. The monoisotopic (exact) mass is 374 g/mol. The number of nitrogens with two attached hydrogens (primary N) is 1. The Balaban J connectivity index is 1.75. The van der Waals surface area contributed by atoms with Gasteiger partial charge in [-0.25, -0.2) is 9.84 Å². The fraction of sp³-hybridized carbons (Fsp3) is 0.353. The number of hydrogen-bond acceptors (Lipinski definition) is 6. The average molecular weight is 375 g/mol. The smallest absolute Gasteiger partial charge is 0.283 e. The van der Waals surface area contributed by atoms with Crippen molar-refractivity contribution in [3.8, 4) is 10.4 Å². The predicted molar refractivity (Wildman–Crippen MR) is 97.0 cm³/mol. The van der Waals surface area contributed by atoms with E-state index < -0.39 is 11.1 Å². The number of aromatic nitrogens is 1. The molecule has 0 bridgehead atoms. The summed E-state index contributed by atoms with van der Waals surface area (Å²) in [6.45, 7) is 10.2. The zero-order chi connectivity index (χ0) is 17.7. The zero-order valence-corrected chi connectivity index (χ0v) is 15.0. The molecular weight excluding hydrogens is 360 g/mol. The maximum absolute atomic E-state index is 7.14. The molecular formula is C17H15ClN4O2S. The molecule has 1 spiro atoms. The van der Waals surface area contributed by atoms with Gasteiger partial charge in [0.2, 0.25) is 5.69 Å². The first-order chi connectivity index (χ1) is 11.9. The molecule has 0 aromatic carbocycles. The van der Waals surface area contributed by atoms with Gasteiger partial charge in [-0.15, -0.1) is 11.3 Å². The van der Waals surface area contributed by atoms with E-state index in [4.69, 9.17) is 33.4 Å². The quantitative estimate of drug-likeness (QED) is 0.813. The summed E-state index contributed by atoms with van der Waals surface area (Å²) in [7, 11) is 0. The minimum Gasteiger partial charge on any atom is -0.454 e. The van der Waals surface area contributed by atoms with Crippen molar-refractivity contribution in [3.05, 3.63) is 45.8 Å². The molecule has 0 aliphatic carbocycles. The molecule has 8 heteroatoms. The molecule has 25 heavy (non-hydrogen) atoms. The van der Waals surface area contributed by atoms with E-state index in [1.54, 1.807) is 23.6 Å². The molecule has 2 N–H and O–H groups in total. The number of nitrogens with zero attached hydrogens (tertiary/aromatic N) is 3. The molecule has 1 atom stereocenters. The molecule has 4 heterocycles. The zero-order valence-electron chi connectivity index (χ0n) is 13.5. The SMILES string of the molecule is [C-]#[N+]c1cncc(-c2cc(Cl)c(C3(C)CC4(COC4)OC(N)=N3)s2)c1. The third-order valence-electron chi connectivity index (χ3n) is 4.39. The molecule has 6 nitrogen and oxygen atoms in total. The summed E-state index contributed by atoms with van der Waals surface area (Å²) >= 11 is 8.08. The summed E-state index contributed by atoms with van der Waals surface area (Å²) < 4.78 is 11.0. The lowest BCUT2D eigenvalue weighted by atomic mass is 9.82. The maximum atomic E-state index is 7.14. The van der Waals surface area contributed by atoms with Crippen LogP contribution in [0, 0.1) is 6.57 Å². The first-order valence-electron chi connectivity index (χ1n) is 7.68. The third-order valence-corrected chi connectivity index (χ3v) is 6.24. The molecule has 128 valence electrons. The fourth-order valence-corrected chi connectivity index (χ4v) is 4.93. The summed E-state index contributed by atoms with van der Waals surface area (Å²) in [6.07, 6.45) is 3.92. The summed E-state index contributed by atoms with van der Waals surface area (Å²) in [5, 5.41) is 0.629. The summed E-state index contributed by atoms with van der Waals surface area (Å²) in [6, 6.07) is 3.86. The largest absolute Gasteiger partial charge is 0.454 e. The van der Waals surface area contributed by atoms with Gasteiger partial charge in [-0.3, -0.25) is 4.98 Å². The number of ether oxygens (including phenoxy) is 2. The number of thiophene rings is 1. The van der Waals surface area contributed by atoms with Gasteiger partial charge in [0.15, 0.2) is 5.60 Å². The molecule has 1 fully saturated rings. The molecule has 2 aliphatic rings. The van der Waals surface area contributed by atoms with Crippen LogP contribution >= 0.6 is 22.9 Å². The van der Waals surface area contributed by atoms with Crippen LogP contribution in [0.3, 0.4) is 0 Å². The van der Waals surface area contributed by atoms with Crippen LogP contribution in [0.5, 0.6) is 0 Å². The van der Waals surface area contributed by atoms with Crippen molar-refractivity contribution in [2.24, 2.45) is 10.7 Å². The van der Waals surface area contributed by atoms with Crippen molar-refractivity contribution in [2.75, 3.05) is 13.2 Å². The second-order valence-corrected chi connectivity index (χ2v) is 7.97. The van der Waals surface area contributed by atoms with Crippen molar-refractivity contribution in [1.29, 1.82) is 0 Å². The lowest BCUT2D eigenvalue weighted by molar-refractivity contribution is -0.186. The number of amidine groups is 1. The van der Waals surface area contributed by atoms with E-state index >= 15 is 0 Å². The topological polar surface area (TPSA) is 74.1 Å². The number of pyridine rings is 1. The fourth-order valence-electron chi connectivity index (χ4n) is 3.31. The van der Waals surface area contributed by atoms with Crippen LogP contribution in [0.2, 0.25) is 5.02 Å². The molecule has 1 saturated heterocycles. The van der Waals surface area contributed by atoms with Crippen LogP contribution in [0.1, 0.15) is 18.2 Å². The first kappa shape index (κ1) is 16.3. The Morgan fingerprint density at radius 2 is 2.16 bits per heavy atom. The van der Waals surface area contributed by atoms with Gasteiger partial charge < -0.3 is 15.2 Å². The molecule has 2 aromatic rings. The molecule has 0 radical (unpaired) electrons. The first-order valence-corrected chi connectivity index (χ1v) is 8.87. The molecule has 0 amide bonds. The Bertz CT molecular complexity index is 916. The van der Waals surface area contributed by atoms with Crippen LogP contribution in [0.25, 0.3) is 15.3 Å². The van der Waals surface area contributed by atoms with Crippen LogP contribution in [-0.2, 0) is 15.0 Å². The van der Waals surface area contributed by atoms with E-state index in [9.17, 15) is 0 Å². The van der Waals surface area contributed by atoms with Gasteiger partial charge in [0.05, 0.1) is 29.7 Å². The van der Waals surface area contributed by atoms with E-state index in [0.717, 1.165) is 15.3 Å². The lowest BCUT2D eigenvalue weighted by Crippen LogP contribution is -2.59. The van der Waals surface area contributed by atoms with E-state index in [2.05, 4.69) is 14.8 Å². The van der Waals surface area contributed by atoms with Gasteiger partial charge in [-0.2, -0.15) is 0 Å². The van der Waals surface area contributed by atoms with Crippen molar-refractivity contribution in [3.63, 3.8) is 0 Å². The summed E-state index contributed by atoms with van der Waals surface area (Å²) in [5.41, 5.74) is 6.30. The van der Waals surface area contributed by atoms with Crippen LogP contribution < -0.4 is 5.73 Å². The summed E-state index contributed by atoms with van der Waals surface area (Å²) in [4.78, 5) is 14.0. The third kappa shape index (κ3) is 2.76. The van der Waals surface area contributed by atoms with Gasteiger partial charge >= 0.3 is 0 Å². The van der Waals surface area contributed by atoms with Gasteiger partial charge in [-0.1, -0.05) is 11.6 Å². The predicted octanol–water partition coefficient (Wildman–Crippen LogP) is 3.73. The van der Waals surface area contributed by atoms with E-state index in [1.165, 1.54) is 6.20 Å². The Labute approximate surface area is 154 Å². The normalized spacial score (nSPS) is 24.1. The van der Waals surface area contributed by atoms with Crippen LogP contribution in [0.4, 0.5) is 5.69 Å². The number of halogens is 1. The highest BCUT2D eigenvalue weighted by Crippen LogP contribution is 2.49. The van der Waals surface area contributed by atoms with E-state index in [-0.39, 0.29) is 6.02 Å². The molecule has 2 aliphatic heterocycles. The molecule has 4 rings (SSSR count). The highest BCUT2D eigenvalue weighted by molar-refractivity contribution is 7.16. The second kappa shape index (κ2) is 5.70. The van der Waals surface area contributed by atoms with Crippen molar-refractivity contribution in [1.82, 2.24) is 4.98 Å². The van der Waals surface area contributed by atoms with Crippen LogP contribution in [0.15, 0.2) is 29.5 Å². The van der Waals surface area contributed by atoms with Gasteiger partial charge in [0, 0.05) is 23.7 Å². The standard InChI is InChI=1S/C17H15ClN4O2S/c1-16(7-17(8-23-9-17)24-15(19)22-16)14-12(18)4-13(25-14)10-3-11(20-2)6-21-5-10/h3-6H,7-9H2,1H3,(H2,19,22). The second-order valence-electron chi connectivity index (χ2n) is 6.51. The minimum absolute atomic E-state index is 0.166. The average Bonchev–Trinajstić information content (AvgIpc) is 2.95. The van der Waals surface area contributed by atoms with Gasteiger partial charge in [0.1, 0.15) is 5.54 Å². The number of rotatable bonds is 2. The highest BCUT2D eigenvalue weighted by atomic mass is 35.5. The van der Waals surface area contributed by atoms with E-state index in [0.29, 0.717) is 30.3 Å². The minimum atomic E-state index is -0.572. The molecule has 1 unspecified atom stereocenters. The molecule has 0 saturated carbocycles. The van der Waals surface area contributed by atoms with Crippen molar-refractivity contribution in [2.45, 2.75) is 24.5 Å². The van der Waals surface area contributed by atoms with Gasteiger partial charge in [0.25, 0.3) is 6.02 Å². The Hall–Kier alpha value is -2.14. The van der Waals surface area contributed by atoms with Crippen molar-refractivity contribution >= 4 is 34.6 Å². The lowest BCUT2D eigenvalue weighted by Gasteiger charge is -2.47. The Morgan fingerprint density at radius 3 is 2.84 bits per heavy atom. The Morgan fingerprint density at radius 1 is 1.36 bits per heavy atom. The molecule has 2 aromatic heterocycles.